The summed E-state index contributed by atoms with van der Waals surface area (Å²) in [6.07, 6.45) is 5.54. The van der Waals surface area contributed by atoms with Crippen LogP contribution >= 0.6 is 0 Å². The van der Waals surface area contributed by atoms with E-state index in [4.69, 9.17) is 0 Å². The molecule has 0 atom stereocenters. The van der Waals surface area contributed by atoms with Crippen LogP contribution in [0.15, 0.2) is 24.8 Å². The summed E-state index contributed by atoms with van der Waals surface area (Å²) >= 11 is 0. The molecule has 0 amide bonds. The van der Waals surface area contributed by atoms with Crippen molar-refractivity contribution in [2.75, 3.05) is 13.7 Å². The van der Waals surface area contributed by atoms with Gasteiger partial charge in [0.15, 0.2) is 6.29 Å². The molecule has 0 aliphatic carbocycles. The van der Waals surface area contributed by atoms with Gasteiger partial charge in [0, 0.05) is 30.9 Å². The van der Waals surface area contributed by atoms with E-state index in [1.807, 2.05) is 13.0 Å². The number of nitrogens with one attached hydrogen (secondary N) is 2. The Bertz CT molecular complexity index is 687. The number of rotatable bonds is 3. The van der Waals surface area contributed by atoms with Gasteiger partial charge in [0.05, 0.1) is 11.9 Å². The maximum absolute atomic E-state index is 10.8. The number of carbonyl (C=O) groups excluding carboxylic acids is 1. The Morgan fingerprint density at radius 3 is 2.90 bits per heavy atom. The number of methoxy groups -OCH3 is 1. The second kappa shape index (κ2) is 6.58. The summed E-state index contributed by atoms with van der Waals surface area (Å²) in [5.74, 6) is 0. The molecule has 0 spiro atoms. The predicted molar refractivity (Wildman–Crippen MR) is 74.4 cm³/mol. The summed E-state index contributed by atoms with van der Waals surface area (Å²) in [5.41, 5.74) is 2.54. The molecule has 2 N–H and O–H groups in total. The first-order chi connectivity index (χ1) is 9.81. The summed E-state index contributed by atoms with van der Waals surface area (Å²) in [6.45, 7) is 2.78. The number of hydrogen-bond acceptors (Lipinski definition) is 5. The Hall–Kier alpha value is -2.54. The van der Waals surface area contributed by atoms with Crippen molar-refractivity contribution < 1.29 is 9.53 Å². The van der Waals surface area contributed by atoms with E-state index >= 15 is 0 Å². The molecule has 3 heterocycles. The molecular weight excluding hydrogens is 258 g/mol. The third kappa shape index (κ3) is 2.72. The minimum absolute atomic E-state index is 0.418. The van der Waals surface area contributed by atoms with E-state index < -0.39 is 0 Å². The lowest BCUT2D eigenvalue weighted by Crippen LogP contribution is -1.89. The van der Waals surface area contributed by atoms with Crippen LogP contribution < -0.4 is 0 Å². The van der Waals surface area contributed by atoms with Gasteiger partial charge in [0.25, 0.3) is 0 Å². The van der Waals surface area contributed by atoms with Crippen LogP contribution in [0.2, 0.25) is 0 Å². The van der Waals surface area contributed by atoms with Crippen LogP contribution in [0.25, 0.3) is 22.3 Å². The first-order valence-electron chi connectivity index (χ1n) is 6.07. The molecule has 20 heavy (non-hydrogen) atoms. The number of hydrogen-bond donors (Lipinski definition) is 2. The quantitative estimate of drug-likeness (QED) is 0.709. The van der Waals surface area contributed by atoms with Gasteiger partial charge >= 0.3 is 0 Å². The topological polar surface area (TPSA) is 96.6 Å². The number of H-pyrrole nitrogens is 2. The minimum atomic E-state index is 0.418. The van der Waals surface area contributed by atoms with Gasteiger partial charge in [-0.1, -0.05) is 0 Å². The Morgan fingerprint density at radius 2 is 2.20 bits per heavy atom. The van der Waals surface area contributed by atoms with Crippen molar-refractivity contribution >= 4 is 17.3 Å². The fraction of sp³-hybridized carbons (Fsp3) is 0.231. The van der Waals surface area contributed by atoms with Gasteiger partial charge in [0.2, 0.25) is 0 Å². The maximum atomic E-state index is 10.8. The highest BCUT2D eigenvalue weighted by Gasteiger charge is 2.12. The monoisotopic (exact) mass is 273 g/mol. The molecule has 104 valence electrons. The summed E-state index contributed by atoms with van der Waals surface area (Å²) in [4.78, 5) is 22.1. The van der Waals surface area contributed by atoms with E-state index in [-0.39, 0.29) is 0 Å². The fourth-order valence-electron chi connectivity index (χ4n) is 1.66. The highest BCUT2D eigenvalue weighted by atomic mass is 16.5. The Labute approximate surface area is 115 Å². The summed E-state index contributed by atoms with van der Waals surface area (Å²) in [5, 5.41) is 7.32. The zero-order valence-electron chi connectivity index (χ0n) is 11.3. The number of fused-ring (bicyclic) bond motifs is 1. The molecular formula is C13H15N5O2. The highest BCUT2D eigenvalue weighted by Crippen LogP contribution is 2.25. The first kappa shape index (κ1) is 13.9. The summed E-state index contributed by atoms with van der Waals surface area (Å²) in [7, 11) is 1.68. The van der Waals surface area contributed by atoms with Crippen LogP contribution in [0.3, 0.4) is 0 Å². The van der Waals surface area contributed by atoms with Crippen molar-refractivity contribution in [2.45, 2.75) is 6.92 Å². The Balaban J connectivity index is 0.000000328. The molecule has 0 saturated heterocycles. The molecule has 0 aliphatic rings. The third-order valence-electron chi connectivity index (χ3n) is 2.68. The van der Waals surface area contributed by atoms with Gasteiger partial charge in [-0.25, -0.2) is 9.97 Å². The smallest absolute Gasteiger partial charge is 0.168 e. The van der Waals surface area contributed by atoms with Gasteiger partial charge in [-0.15, -0.1) is 0 Å². The Morgan fingerprint density at radius 1 is 1.40 bits per heavy atom. The standard InChI is InChI=1S/C10H7N5O.C3H8O/c16-4-8-7(3-14-15-8)9-6-1-2-11-10(6)13-5-12-9;1-3-4-2/h1-5H,(H,14,15)(H,11,12,13);3H2,1-2H3. The second-order valence-electron chi connectivity index (χ2n) is 3.85. The fourth-order valence-corrected chi connectivity index (χ4v) is 1.66. The van der Waals surface area contributed by atoms with Crippen LogP contribution in [0.4, 0.5) is 0 Å². The molecule has 0 aliphatic heterocycles. The van der Waals surface area contributed by atoms with Crippen LogP contribution in [-0.4, -0.2) is 45.2 Å². The lowest BCUT2D eigenvalue weighted by molar-refractivity contribution is 0.111. The van der Waals surface area contributed by atoms with Gasteiger partial charge < -0.3 is 9.72 Å². The third-order valence-corrected chi connectivity index (χ3v) is 2.68. The number of aromatic nitrogens is 5. The van der Waals surface area contributed by atoms with Crippen molar-refractivity contribution in [3.63, 3.8) is 0 Å². The zero-order valence-corrected chi connectivity index (χ0v) is 11.3. The van der Waals surface area contributed by atoms with E-state index in [1.165, 1.54) is 6.33 Å². The molecule has 7 nitrogen and oxygen atoms in total. The highest BCUT2D eigenvalue weighted by molar-refractivity contribution is 5.95. The molecule has 0 bridgehead atoms. The molecule has 3 aromatic heterocycles. The molecule has 0 unspecified atom stereocenters. The normalized spacial score (nSPS) is 10.1. The number of nitrogens with zero attached hydrogens (tertiary/aromatic N) is 3. The summed E-state index contributed by atoms with van der Waals surface area (Å²) < 4.78 is 4.54. The molecule has 0 fully saturated rings. The van der Waals surface area contributed by atoms with E-state index in [0.717, 1.165) is 23.9 Å². The van der Waals surface area contributed by atoms with Crippen molar-refractivity contribution in [1.82, 2.24) is 25.1 Å². The lowest BCUT2D eigenvalue weighted by atomic mass is 10.1. The average molecular weight is 273 g/mol. The van der Waals surface area contributed by atoms with E-state index in [0.29, 0.717) is 17.0 Å². The van der Waals surface area contributed by atoms with Crippen molar-refractivity contribution in [1.29, 1.82) is 0 Å². The van der Waals surface area contributed by atoms with Crippen molar-refractivity contribution in [3.8, 4) is 11.3 Å². The number of aromatic amines is 2. The van der Waals surface area contributed by atoms with E-state index in [2.05, 4.69) is 29.9 Å². The number of carbonyl (C=O) groups is 1. The lowest BCUT2D eigenvalue weighted by Gasteiger charge is -1.98. The van der Waals surface area contributed by atoms with Crippen LogP contribution in [0.1, 0.15) is 17.4 Å². The van der Waals surface area contributed by atoms with E-state index in [1.54, 1.807) is 19.5 Å². The molecule has 0 aromatic carbocycles. The Kier molecular flexibility index (Phi) is 4.56. The van der Waals surface area contributed by atoms with Crippen LogP contribution in [0.5, 0.6) is 0 Å². The van der Waals surface area contributed by atoms with Crippen molar-refractivity contribution in [2.24, 2.45) is 0 Å². The van der Waals surface area contributed by atoms with Crippen molar-refractivity contribution in [3.05, 3.63) is 30.5 Å². The minimum Gasteiger partial charge on any atom is -0.385 e. The van der Waals surface area contributed by atoms with Crippen LogP contribution in [-0.2, 0) is 4.74 Å². The largest absolute Gasteiger partial charge is 0.385 e. The van der Waals surface area contributed by atoms with Crippen LogP contribution in [0, 0.1) is 0 Å². The van der Waals surface area contributed by atoms with Gasteiger partial charge in [-0.05, 0) is 13.0 Å². The molecule has 3 aromatic rings. The zero-order chi connectivity index (χ0) is 14.4. The first-order valence-corrected chi connectivity index (χ1v) is 6.07. The van der Waals surface area contributed by atoms with Gasteiger partial charge in [0.1, 0.15) is 17.7 Å². The molecule has 0 radical (unpaired) electrons. The summed E-state index contributed by atoms with van der Waals surface area (Å²) in [6, 6.07) is 1.87. The van der Waals surface area contributed by atoms with Gasteiger partial charge in [-0.2, -0.15) is 5.10 Å². The SMILES string of the molecule is CCOC.O=Cc1[nH]ncc1-c1ncnc2[nH]ccc12. The molecule has 0 saturated carbocycles. The maximum Gasteiger partial charge on any atom is 0.168 e. The molecule has 3 rings (SSSR count). The predicted octanol–water partition coefficient (Wildman–Crippen LogP) is 1.81. The van der Waals surface area contributed by atoms with E-state index in [9.17, 15) is 4.79 Å². The number of ether oxygens (including phenoxy) is 1. The van der Waals surface area contributed by atoms with Gasteiger partial charge in [-0.3, -0.25) is 9.89 Å². The average Bonchev–Trinajstić information content (AvgIpc) is 3.15. The second-order valence-corrected chi connectivity index (χ2v) is 3.85. The number of aldehydes is 1. The molecule has 7 heteroatoms.